The summed E-state index contributed by atoms with van der Waals surface area (Å²) in [5.74, 6) is 0.595. The van der Waals surface area contributed by atoms with E-state index in [0.29, 0.717) is 5.92 Å². The predicted octanol–water partition coefficient (Wildman–Crippen LogP) is 3.91. The third kappa shape index (κ3) is 5.11. The van der Waals surface area contributed by atoms with Gasteiger partial charge in [0.15, 0.2) is 0 Å². The molecule has 4 atom stereocenters. The maximum absolute atomic E-state index is 10.6. The number of quaternary nitrogens is 1. The average Bonchev–Trinajstić information content (AvgIpc) is 3.05. The lowest BCUT2D eigenvalue weighted by atomic mass is 9.67. The van der Waals surface area contributed by atoms with E-state index in [2.05, 4.69) is 104 Å². The lowest BCUT2D eigenvalue weighted by molar-refractivity contribution is -0.949. The van der Waals surface area contributed by atoms with Crippen molar-refractivity contribution in [1.82, 2.24) is 0 Å². The number of piperidine rings is 1. The van der Waals surface area contributed by atoms with Gasteiger partial charge >= 0.3 is 0 Å². The molecule has 1 unspecified atom stereocenters. The zero-order valence-electron chi connectivity index (χ0n) is 20.8. The lowest BCUT2D eigenvalue weighted by Gasteiger charge is -2.48. The van der Waals surface area contributed by atoms with E-state index in [1.165, 1.54) is 55.1 Å². The molecule has 0 aliphatic carbocycles. The predicted molar refractivity (Wildman–Crippen MR) is 139 cm³/mol. The molecule has 0 saturated carbocycles. The van der Waals surface area contributed by atoms with Gasteiger partial charge in [0.25, 0.3) is 0 Å². The van der Waals surface area contributed by atoms with Gasteiger partial charge in [0, 0.05) is 32.1 Å². The van der Waals surface area contributed by atoms with E-state index in [4.69, 9.17) is 0 Å². The van der Waals surface area contributed by atoms with Gasteiger partial charge in [-0.25, -0.2) is 0 Å². The van der Waals surface area contributed by atoms with Crippen LogP contribution in [0.2, 0.25) is 0 Å². The molecule has 3 aromatic carbocycles. The van der Waals surface area contributed by atoms with Gasteiger partial charge in [0.2, 0.25) is 0 Å². The summed E-state index contributed by atoms with van der Waals surface area (Å²) >= 11 is 0. The molecule has 2 fully saturated rings. The molecule has 0 N–H and O–H groups in total. The van der Waals surface area contributed by atoms with Gasteiger partial charge in [-0.1, -0.05) is 91.0 Å². The van der Waals surface area contributed by atoms with E-state index in [1.807, 2.05) is 0 Å². The van der Waals surface area contributed by atoms with Crippen LogP contribution in [0.1, 0.15) is 55.2 Å². The monoisotopic (exact) mass is 528 g/mol. The highest BCUT2D eigenvalue weighted by molar-refractivity contribution is 5.46. The molecule has 2 bridgehead atoms. The highest BCUT2D eigenvalue weighted by atomic mass is 79.9. The third-order valence-electron chi connectivity index (χ3n) is 8.98. The van der Waals surface area contributed by atoms with Crippen LogP contribution in [0.5, 0.6) is 0 Å². The molecule has 0 spiro atoms. The minimum atomic E-state index is -0.569. The summed E-state index contributed by atoms with van der Waals surface area (Å²) < 4.78 is 1.25. The molecule has 2 nitrogen and oxygen atoms in total. The minimum absolute atomic E-state index is 0. The van der Waals surface area contributed by atoms with Gasteiger partial charge < -0.3 is 21.5 Å². The summed E-state index contributed by atoms with van der Waals surface area (Å²) in [6, 6.07) is 36.2. The van der Waals surface area contributed by atoms with Crippen LogP contribution in [-0.2, 0) is 11.8 Å². The number of fused-ring (bicyclic) bond motifs is 2. The van der Waals surface area contributed by atoms with Crippen molar-refractivity contribution in [2.45, 2.75) is 62.4 Å². The summed E-state index contributed by atoms with van der Waals surface area (Å²) in [7, 11) is 2.52. The van der Waals surface area contributed by atoms with Crippen LogP contribution in [0.3, 0.4) is 0 Å². The summed E-state index contributed by atoms with van der Waals surface area (Å²) in [4.78, 5) is 0. The Kier molecular flexibility index (Phi) is 8.15. The van der Waals surface area contributed by atoms with Gasteiger partial charge in [-0.05, 0) is 35.4 Å². The maximum Gasteiger partial charge on any atom is 0.107 e. The largest absolute Gasteiger partial charge is 1.00 e. The van der Waals surface area contributed by atoms with Crippen molar-refractivity contribution in [3.05, 3.63) is 108 Å². The Morgan fingerprint density at radius 3 is 1.77 bits per heavy atom. The van der Waals surface area contributed by atoms with Crippen LogP contribution >= 0.6 is 0 Å². The van der Waals surface area contributed by atoms with Crippen LogP contribution in [-0.4, -0.2) is 30.2 Å². The number of aryl methyl sites for hydroxylation is 1. The third-order valence-corrected chi connectivity index (χ3v) is 8.98. The molecule has 0 radical (unpaired) electrons. The second kappa shape index (κ2) is 11.1. The molecule has 35 heavy (non-hydrogen) atoms. The van der Waals surface area contributed by atoms with E-state index < -0.39 is 5.41 Å². The minimum Gasteiger partial charge on any atom is -1.00 e. The molecule has 0 amide bonds. The molecule has 2 aliphatic heterocycles. The Hall–Kier alpha value is -2.41. The molecule has 3 aromatic rings. The zero-order valence-corrected chi connectivity index (χ0v) is 22.4. The Morgan fingerprint density at radius 1 is 0.800 bits per heavy atom. The summed E-state index contributed by atoms with van der Waals surface area (Å²) in [5, 5.41) is 10.6. The van der Waals surface area contributed by atoms with E-state index in [0.717, 1.165) is 29.6 Å². The average molecular weight is 530 g/mol. The van der Waals surface area contributed by atoms with Crippen molar-refractivity contribution in [2.75, 3.05) is 13.6 Å². The normalized spacial score (nSPS) is 25.4. The molecule has 0 aromatic heterocycles. The van der Waals surface area contributed by atoms with Crippen LogP contribution in [0.25, 0.3) is 0 Å². The van der Waals surface area contributed by atoms with Crippen LogP contribution in [0.4, 0.5) is 0 Å². The SMILES string of the molecule is C[N+]1(CCCc2ccccc2)[C@@H]2CC[C@H]1C[C@@H](CC(C#N)(c1ccccc1)c1ccccc1)C2.[Br-]. The fourth-order valence-corrected chi connectivity index (χ4v) is 7.11. The number of rotatable bonds is 8. The Morgan fingerprint density at radius 2 is 1.29 bits per heavy atom. The number of nitrogens with zero attached hydrogens (tertiary/aromatic N) is 2. The molecule has 3 heteroatoms. The Bertz CT molecular complexity index is 1050. The summed E-state index contributed by atoms with van der Waals surface area (Å²) in [6.45, 7) is 1.28. The fraction of sp³-hybridized carbons (Fsp3) is 0.406. The maximum atomic E-state index is 10.6. The number of hydrogen-bond donors (Lipinski definition) is 0. The van der Waals surface area contributed by atoms with E-state index >= 15 is 0 Å². The van der Waals surface area contributed by atoms with E-state index in [1.54, 1.807) is 0 Å². The second-order valence-electron chi connectivity index (χ2n) is 10.8. The fourth-order valence-electron chi connectivity index (χ4n) is 7.11. The number of benzene rings is 3. The summed E-state index contributed by atoms with van der Waals surface area (Å²) in [6.07, 6.45) is 8.56. The van der Waals surface area contributed by atoms with Gasteiger partial charge in [0.05, 0.1) is 31.7 Å². The first-order chi connectivity index (χ1) is 16.6. The van der Waals surface area contributed by atoms with Crippen LogP contribution < -0.4 is 17.0 Å². The first-order valence-electron chi connectivity index (χ1n) is 13.1. The van der Waals surface area contributed by atoms with E-state index in [-0.39, 0.29) is 17.0 Å². The van der Waals surface area contributed by atoms with Crippen molar-refractivity contribution >= 4 is 0 Å². The van der Waals surface area contributed by atoms with Gasteiger partial charge in [-0.15, -0.1) is 0 Å². The second-order valence-corrected chi connectivity index (χ2v) is 10.8. The molecule has 182 valence electrons. The topological polar surface area (TPSA) is 23.8 Å². The first kappa shape index (κ1) is 25.7. The number of halogens is 1. The van der Waals surface area contributed by atoms with Crippen LogP contribution in [0.15, 0.2) is 91.0 Å². The first-order valence-corrected chi connectivity index (χ1v) is 13.1. The lowest BCUT2D eigenvalue weighted by Crippen LogP contribution is -3.00. The van der Waals surface area contributed by atoms with Gasteiger partial charge in [-0.2, -0.15) is 5.26 Å². The smallest absolute Gasteiger partial charge is 0.107 e. The van der Waals surface area contributed by atoms with E-state index in [9.17, 15) is 5.26 Å². The quantitative estimate of drug-likeness (QED) is 0.406. The number of nitriles is 1. The molecule has 2 heterocycles. The summed E-state index contributed by atoms with van der Waals surface area (Å²) in [5.41, 5.74) is 3.17. The highest BCUT2D eigenvalue weighted by Gasteiger charge is 2.52. The van der Waals surface area contributed by atoms with Crippen LogP contribution in [0, 0.1) is 17.2 Å². The Labute approximate surface area is 222 Å². The molecular weight excluding hydrogens is 492 g/mol. The van der Waals surface area contributed by atoms with Crippen molar-refractivity contribution < 1.29 is 21.5 Å². The number of hydrogen-bond acceptors (Lipinski definition) is 1. The standard InChI is InChI=1S/C32H37N2.BrH/c1-34(21-11-14-26-12-5-2-6-13-26)30-19-20-31(34)23-27(22-30)24-32(25-33,28-15-7-3-8-16-28)29-17-9-4-10-18-29;/h2-10,12-13,15-18,27,30-31H,11,14,19-24H2,1H3;1H/q+1;/p-1/t27-,30+,31-,34?;. The van der Waals surface area contributed by atoms with Gasteiger partial charge in [0.1, 0.15) is 5.41 Å². The molecule has 2 saturated heterocycles. The Balaban J connectivity index is 0.00000289. The van der Waals surface area contributed by atoms with Crippen molar-refractivity contribution in [3.63, 3.8) is 0 Å². The zero-order chi connectivity index (χ0) is 23.4. The van der Waals surface area contributed by atoms with Crippen molar-refractivity contribution in [1.29, 1.82) is 5.26 Å². The molecule has 5 rings (SSSR count). The van der Waals surface area contributed by atoms with Crippen molar-refractivity contribution in [2.24, 2.45) is 5.92 Å². The molecule has 2 aliphatic rings. The van der Waals surface area contributed by atoms with Gasteiger partial charge in [-0.3, -0.25) is 0 Å². The highest BCUT2D eigenvalue weighted by Crippen LogP contribution is 2.48. The molecular formula is C32H37BrN2. The van der Waals surface area contributed by atoms with Crippen molar-refractivity contribution in [3.8, 4) is 6.07 Å².